The van der Waals surface area contributed by atoms with Crippen molar-refractivity contribution < 1.29 is 0 Å². The molecule has 0 unspecified atom stereocenters. The van der Waals surface area contributed by atoms with E-state index in [1.165, 1.54) is 4.68 Å². The minimum absolute atomic E-state index is 0.389. The maximum atomic E-state index is 5.73. The van der Waals surface area contributed by atoms with Crippen LogP contribution in [0.4, 0.5) is 0 Å². The number of H-pyrrole nitrogens is 1. The van der Waals surface area contributed by atoms with Crippen molar-refractivity contribution in [2.45, 2.75) is 0 Å². The van der Waals surface area contributed by atoms with Gasteiger partial charge in [-0.1, -0.05) is 15.9 Å². The third-order valence-electron chi connectivity index (χ3n) is 1.88. The van der Waals surface area contributed by atoms with Crippen molar-refractivity contribution in [3.63, 3.8) is 0 Å². The second-order valence-corrected chi connectivity index (χ2v) is 5.00. The number of aromatic amines is 1. The Bertz CT molecular complexity index is 560. The molecule has 4 nitrogen and oxygen atoms in total. The second kappa shape index (κ2) is 4.07. The highest BCUT2D eigenvalue weighted by Gasteiger charge is 2.09. The Balaban J connectivity index is 2.64. The molecule has 0 atom stereocenters. The molecular weight excluding hydrogens is 344 g/mol. The SMILES string of the molecule is Nn1c(-c2ccc(Br)cc2Br)n[nH]c1=S. The normalized spacial score (nSPS) is 10.5. The second-order valence-electron chi connectivity index (χ2n) is 2.85. The van der Waals surface area contributed by atoms with Crippen molar-refractivity contribution in [1.82, 2.24) is 14.9 Å². The number of halogens is 2. The van der Waals surface area contributed by atoms with E-state index in [1.807, 2.05) is 18.2 Å². The molecule has 0 aliphatic heterocycles. The van der Waals surface area contributed by atoms with Gasteiger partial charge in [-0.15, -0.1) is 0 Å². The molecule has 1 aromatic heterocycles. The Morgan fingerprint density at radius 3 is 2.67 bits per heavy atom. The Hall–Kier alpha value is -0.660. The van der Waals surface area contributed by atoms with Crippen LogP contribution < -0.4 is 5.84 Å². The van der Waals surface area contributed by atoms with Gasteiger partial charge >= 0.3 is 0 Å². The van der Waals surface area contributed by atoms with Gasteiger partial charge in [-0.25, -0.2) is 9.77 Å². The summed E-state index contributed by atoms with van der Waals surface area (Å²) >= 11 is 11.8. The van der Waals surface area contributed by atoms with Gasteiger partial charge in [0.1, 0.15) is 0 Å². The summed E-state index contributed by atoms with van der Waals surface area (Å²) in [6.07, 6.45) is 0. The minimum atomic E-state index is 0.389. The third kappa shape index (κ3) is 1.99. The first-order chi connectivity index (χ1) is 7.09. The lowest BCUT2D eigenvalue weighted by molar-refractivity contribution is 0.983. The van der Waals surface area contributed by atoms with Gasteiger partial charge in [0, 0.05) is 14.5 Å². The largest absolute Gasteiger partial charge is 0.335 e. The van der Waals surface area contributed by atoms with E-state index >= 15 is 0 Å². The van der Waals surface area contributed by atoms with E-state index < -0.39 is 0 Å². The van der Waals surface area contributed by atoms with Crippen molar-refractivity contribution in [2.24, 2.45) is 0 Å². The van der Waals surface area contributed by atoms with E-state index in [2.05, 4.69) is 42.1 Å². The zero-order valence-electron chi connectivity index (χ0n) is 7.37. The van der Waals surface area contributed by atoms with Crippen LogP contribution in [0.1, 0.15) is 0 Å². The van der Waals surface area contributed by atoms with Gasteiger partial charge in [-0.2, -0.15) is 5.10 Å². The molecule has 3 N–H and O–H groups in total. The molecule has 0 spiro atoms. The highest BCUT2D eigenvalue weighted by atomic mass is 79.9. The highest BCUT2D eigenvalue weighted by Crippen LogP contribution is 2.28. The average molecular weight is 350 g/mol. The summed E-state index contributed by atoms with van der Waals surface area (Å²) in [5.74, 6) is 6.32. The molecule has 2 aromatic rings. The monoisotopic (exact) mass is 348 g/mol. The molecule has 1 heterocycles. The number of hydrogen-bond acceptors (Lipinski definition) is 3. The predicted molar refractivity (Wildman–Crippen MR) is 68.4 cm³/mol. The molecule has 0 radical (unpaired) electrons. The van der Waals surface area contributed by atoms with Crippen molar-refractivity contribution in [1.29, 1.82) is 0 Å². The van der Waals surface area contributed by atoms with Crippen LogP contribution in [0.3, 0.4) is 0 Å². The number of hydrogen-bond donors (Lipinski definition) is 2. The molecule has 0 saturated carbocycles. The first-order valence-corrected chi connectivity index (χ1v) is 5.97. The molecule has 1 aromatic carbocycles. The molecule has 7 heteroatoms. The molecule has 0 aliphatic rings. The van der Waals surface area contributed by atoms with E-state index in [0.29, 0.717) is 10.6 Å². The Kier molecular flexibility index (Phi) is 2.94. The van der Waals surface area contributed by atoms with Crippen molar-refractivity contribution in [3.05, 3.63) is 31.9 Å². The third-order valence-corrected chi connectivity index (χ3v) is 3.31. The minimum Gasteiger partial charge on any atom is -0.335 e. The molecule has 0 bridgehead atoms. The summed E-state index contributed by atoms with van der Waals surface area (Å²) in [4.78, 5) is 0. The summed E-state index contributed by atoms with van der Waals surface area (Å²) in [6, 6.07) is 5.74. The van der Waals surface area contributed by atoms with Crippen LogP contribution in [0, 0.1) is 4.77 Å². The van der Waals surface area contributed by atoms with Gasteiger partial charge in [-0.3, -0.25) is 0 Å². The van der Waals surface area contributed by atoms with Crippen LogP contribution in [-0.4, -0.2) is 14.9 Å². The van der Waals surface area contributed by atoms with Crippen LogP contribution in [0.25, 0.3) is 11.4 Å². The van der Waals surface area contributed by atoms with E-state index in [-0.39, 0.29) is 0 Å². The van der Waals surface area contributed by atoms with E-state index in [9.17, 15) is 0 Å². The van der Waals surface area contributed by atoms with Gasteiger partial charge in [0.15, 0.2) is 5.82 Å². The van der Waals surface area contributed by atoms with Crippen molar-refractivity contribution in [2.75, 3.05) is 5.84 Å². The van der Waals surface area contributed by atoms with Crippen LogP contribution in [0.5, 0.6) is 0 Å². The molecule has 78 valence electrons. The Morgan fingerprint density at radius 2 is 2.13 bits per heavy atom. The van der Waals surface area contributed by atoms with Crippen LogP contribution >= 0.6 is 44.1 Å². The predicted octanol–water partition coefficient (Wildman–Crippen LogP) is 2.85. The fraction of sp³-hybridized carbons (Fsp3) is 0. The number of benzene rings is 1. The van der Waals surface area contributed by atoms with Gasteiger partial charge in [0.2, 0.25) is 4.77 Å². The number of rotatable bonds is 1. The summed E-state index contributed by atoms with van der Waals surface area (Å²) < 4.78 is 3.61. The molecule has 0 fully saturated rings. The van der Waals surface area contributed by atoms with Gasteiger partial charge < -0.3 is 5.84 Å². The lowest BCUT2D eigenvalue weighted by Crippen LogP contribution is -2.10. The molecule has 0 amide bonds. The maximum absolute atomic E-state index is 5.73. The smallest absolute Gasteiger partial charge is 0.214 e. The molecular formula is C8H6Br2N4S. The highest BCUT2D eigenvalue weighted by molar-refractivity contribution is 9.11. The standard InChI is InChI=1S/C8H6Br2N4S/c9-4-1-2-5(6(10)3-4)7-12-13-8(15)14(7)11/h1-3H,11H2,(H,13,15). The van der Waals surface area contributed by atoms with Gasteiger partial charge in [-0.05, 0) is 46.3 Å². The van der Waals surface area contributed by atoms with E-state index in [4.69, 9.17) is 18.1 Å². The average Bonchev–Trinajstić information content (AvgIpc) is 2.49. The fourth-order valence-corrected chi connectivity index (χ4v) is 2.52. The zero-order chi connectivity index (χ0) is 11.0. The van der Waals surface area contributed by atoms with E-state index in [1.54, 1.807) is 0 Å². The van der Waals surface area contributed by atoms with E-state index in [0.717, 1.165) is 14.5 Å². The summed E-state index contributed by atoms with van der Waals surface area (Å²) in [5, 5.41) is 6.69. The molecule has 15 heavy (non-hydrogen) atoms. The Labute approximate surface area is 108 Å². The fourth-order valence-electron chi connectivity index (χ4n) is 1.17. The topological polar surface area (TPSA) is 59.6 Å². The first-order valence-electron chi connectivity index (χ1n) is 3.97. The van der Waals surface area contributed by atoms with Crippen molar-refractivity contribution in [3.8, 4) is 11.4 Å². The maximum Gasteiger partial charge on any atom is 0.214 e. The lowest BCUT2D eigenvalue weighted by Gasteiger charge is -2.03. The number of aromatic nitrogens is 3. The van der Waals surface area contributed by atoms with Crippen molar-refractivity contribution >= 4 is 44.1 Å². The summed E-state index contributed by atoms with van der Waals surface area (Å²) in [6.45, 7) is 0. The molecule has 0 saturated heterocycles. The molecule has 2 rings (SSSR count). The van der Waals surface area contributed by atoms with Gasteiger partial charge in [0.25, 0.3) is 0 Å². The van der Waals surface area contributed by atoms with Crippen LogP contribution in [0.15, 0.2) is 27.1 Å². The lowest BCUT2D eigenvalue weighted by atomic mass is 10.2. The van der Waals surface area contributed by atoms with Crippen LogP contribution in [-0.2, 0) is 0 Å². The summed E-state index contributed by atoms with van der Waals surface area (Å²) in [7, 11) is 0. The molecule has 0 aliphatic carbocycles. The van der Waals surface area contributed by atoms with Gasteiger partial charge in [0.05, 0.1) is 0 Å². The quantitative estimate of drug-likeness (QED) is 0.614. The summed E-state index contributed by atoms with van der Waals surface area (Å²) in [5.41, 5.74) is 0.882. The first kappa shape index (κ1) is 10.8. The zero-order valence-corrected chi connectivity index (χ0v) is 11.4. The number of nitrogen functional groups attached to an aromatic ring is 1. The Morgan fingerprint density at radius 1 is 1.40 bits per heavy atom. The number of nitrogens with one attached hydrogen (secondary N) is 1. The van der Waals surface area contributed by atoms with Crippen LogP contribution in [0.2, 0.25) is 0 Å². The number of nitrogens with two attached hydrogens (primary N) is 1. The number of nitrogens with zero attached hydrogens (tertiary/aromatic N) is 2.